The first kappa shape index (κ1) is 16.4. The highest BCUT2D eigenvalue weighted by molar-refractivity contribution is 7.89. The molecule has 2 rings (SSSR count). The van der Waals surface area contributed by atoms with Gasteiger partial charge >= 0.3 is 5.97 Å². The van der Waals surface area contributed by atoms with E-state index < -0.39 is 16.0 Å². The second-order valence-electron chi connectivity index (χ2n) is 4.72. The van der Waals surface area contributed by atoms with Gasteiger partial charge < -0.3 is 10.5 Å². The summed E-state index contributed by atoms with van der Waals surface area (Å²) >= 11 is 0. The van der Waals surface area contributed by atoms with Gasteiger partial charge in [-0.1, -0.05) is 6.08 Å². The molecule has 0 fully saturated rings. The number of carbonyl (C=O) groups is 1. The summed E-state index contributed by atoms with van der Waals surface area (Å²) in [4.78, 5) is 19.7. The van der Waals surface area contributed by atoms with Crippen LogP contribution < -0.4 is 5.73 Å². The molecule has 0 spiro atoms. The zero-order chi connectivity index (χ0) is 16.3. The van der Waals surface area contributed by atoms with Crippen LogP contribution in [0.15, 0.2) is 12.3 Å². The molecule has 2 heterocycles. The third-order valence-electron chi connectivity index (χ3n) is 3.44. The van der Waals surface area contributed by atoms with Crippen molar-refractivity contribution in [1.82, 2.24) is 14.3 Å². The number of nitrogens with zero attached hydrogens (tertiary/aromatic N) is 3. The summed E-state index contributed by atoms with van der Waals surface area (Å²) in [6.45, 7) is 2.27. The third kappa shape index (κ3) is 3.25. The van der Waals surface area contributed by atoms with Crippen molar-refractivity contribution >= 4 is 27.4 Å². The van der Waals surface area contributed by atoms with Gasteiger partial charge in [-0.15, -0.1) is 0 Å². The monoisotopic (exact) mass is 326 g/mol. The van der Waals surface area contributed by atoms with Crippen LogP contribution in [-0.4, -0.2) is 54.6 Å². The Hall–Kier alpha value is -2.00. The third-order valence-corrected chi connectivity index (χ3v) is 5.29. The predicted molar refractivity (Wildman–Crippen MR) is 81.4 cm³/mol. The van der Waals surface area contributed by atoms with Gasteiger partial charge in [-0.25, -0.2) is 23.2 Å². The summed E-state index contributed by atoms with van der Waals surface area (Å²) in [6, 6.07) is 0. The lowest BCUT2D eigenvalue weighted by Crippen LogP contribution is -2.35. The molecule has 120 valence electrons. The van der Waals surface area contributed by atoms with Gasteiger partial charge in [0.1, 0.15) is 0 Å². The Kier molecular flexibility index (Phi) is 4.77. The average Bonchev–Trinajstić information content (AvgIpc) is 2.54. The first-order chi connectivity index (χ1) is 10.4. The van der Waals surface area contributed by atoms with Gasteiger partial charge in [-0.05, 0) is 18.9 Å². The van der Waals surface area contributed by atoms with E-state index in [1.165, 1.54) is 17.6 Å². The summed E-state index contributed by atoms with van der Waals surface area (Å²) in [6.07, 6.45) is 3.74. The van der Waals surface area contributed by atoms with E-state index in [4.69, 9.17) is 5.73 Å². The molecule has 0 amide bonds. The average molecular weight is 326 g/mol. The standard InChI is InChI=1S/C13H18N4O4S/c1-3-22(19,20)17-6-4-9(5-7-17)10-8-15-12(14)11(16-10)13(18)21-2/h4,8H,3,5-7H2,1-2H3,(H2,14,15). The smallest absolute Gasteiger partial charge is 0.360 e. The Bertz CT molecular complexity index is 715. The lowest BCUT2D eigenvalue weighted by molar-refractivity contribution is 0.0595. The van der Waals surface area contributed by atoms with Crippen molar-refractivity contribution < 1.29 is 17.9 Å². The minimum absolute atomic E-state index is 0.00203. The maximum atomic E-state index is 11.8. The minimum Gasteiger partial charge on any atom is -0.464 e. The van der Waals surface area contributed by atoms with Crippen molar-refractivity contribution in [3.63, 3.8) is 0 Å². The number of rotatable bonds is 4. The van der Waals surface area contributed by atoms with Crippen LogP contribution in [0.25, 0.3) is 5.57 Å². The molecule has 0 aromatic carbocycles. The van der Waals surface area contributed by atoms with Crippen LogP contribution in [-0.2, 0) is 14.8 Å². The number of aromatic nitrogens is 2. The van der Waals surface area contributed by atoms with E-state index in [1.54, 1.807) is 13.0 Å². The lowest BCUT2D eigenvalue weighted by atomic mass is 10.1. The largest absolute Gasteiger partial charge is 0.464 e. The van der Waals surface area contributed by atoms with Gasteiger partial charge in [0.2, 0.25) is 10.0 Å². The lowest BCUT2D eigenvalue weighted by Gasteiger charge is -2.25. The molecule has 1 aliphatic rings. The van der Waals surface area contributed by atoms with Crippen LogP contribution in [0.2, 0.25) is 0 Å². The highest BCUT2D eigenvalue weighted by atomic mass is 32.2. The topological polar surface area (TPSA) is 115 Å². The van der Waals surface area contributed by atoms with E-state index in [0.717, 1.165) is 5.57 Å². The molecule has 0 aliphatic carbocycles. The minimum atomic E-state index is -3.20. The van der Waals surface area contributed by atoms with E-state index in [9.17, 15) is 13.2 Å². The molecule has 0 radical (unpaired) electrons. The quantitative estimate of drug-likeness (QED) is 0.790. The number of nitrogen functional groups attached to an aromatic ring is 1. The molecular weight excluding hydrogens is 308 g/mol. The second-order valence-corrected chi connectivity index (χ2v) is 6.98. The Balaban J connectivity index is 2.26. The molecule has 0 unspecified atom stereocenters. The SMILES string of the molecule is CCS(=O)(=O)N1CC=C(c2cnc(N)c(C(=O)OC)n2)CC1. The maximum Gasteiger partial charge on any atom is 0.360 e. The van der Waals surface area contributed by atoms with Crippen LogP contribution in [0.5, 0.6) is 0 Å². The van der Waals surface area contributed by atoms with Crippen LogP contribution in [0.4, 0.5) is 5.82 Å². The number of esters is 1. The number of carbonyl (C=O) groups excluding carboxylic acids is 1. The Labute approximate surface area is 129 Å². The van der Waals surface area contributed by atoms with E-state index in [1.807, 2.05) is 0 Å². The normalized spacial score (nSPS) is 16.2. The van der Waals surface area contributed by atoms with Gasteiger partial charge in [-0.2, -0.15) is 4.31 Å². The fourth-order valence-corrected chi connectivity index (χ4v) is 3.15. The molecule has 0 saturated carbocycles. The molecule has 0 saturated heterocycles. The van der Waals surface area contributed by atoms with Crippen molar-refractivity contribution in [1.29, 1.82) is 0 Å². The number of ether oxygens (including phenoxy) is 1. The summed E-state index contributed by atoms with van der Waals surface area (Å²) in [5.41, 5.74) is 6.91. The van der Waals surface area contributed by atoms with Crippen LogP contribution in [0.1, 0.15) is 29.5 Å². The molecule has 8 nitrogen and oxygen atoms in total. The summed E-state index contributed by atoms with van der Waals surface area (Å²) in [5, 5.41) is 0. The molecular formula is C13H18N4O4S. The van der Waals surface area contributed by atoms with Crippen molar-refractivity contribution in [2.75, 3.05) is 31.7 Å². The van der Waals surface area contributed by atoms with Crippen molar-refractivity contribution in [2.24, 2.45) is 0 Å². The highest BCUT2D eigenvalue weighted by Gasteiger charge is 2.24. The molecule has 0 atom stereocenters. The summed E-state index contributed by atoms with van der Waals surface area (Å²) in [5.74, 6) is -0.578. The zero-order valence-corrected chi connectivity index (χ0v) is 13.3. The first-order valence-electron chi connectivity index (χ1n) is 6.77. The fraction of sp³-hybridized carbons (Fsp3) is 0.462. The zero-order valence-electron chi connectivity index (χ0n) is 12.4. The van der Waals surface area contributed by atoms with E-state index in [2.05, 4.69) is 14.7 Å². The van der Waals surface area contributed by atoms with Gasteiger partial charge in [0, 0.05) is 13.1 Å². The number of hydrogen-bond acceptors (Lipinski definition) is 7. The van der Waals surface area contributed by atoms with E-state index in [0.29, 0.717) is 18.7 Å². The van der Waals surface area contributed by atoms with Crippen molar-refractivity contribution in [2.45, 2.75) is 13.3 Å². The van der Waals surface area contributed by atoms with Crippen molar-refractivity contribution in [3.05, 3.63) is 23.7 Å². The van der Waals surface area contributed by atoms with Gasteiger partial charge in [0.15, 0.2) is 11.5 Å². The maximum absolute atomic E-state index is 11.8. The van der Waals surface area contributed by atoms with Crippen LogP contribution in [0, 0.1) is 0 Å². The second kappa shape index (κ2) is 6.41. The summed E-state index contributed by atoms with van der Waals surface area (Å²) in [7, 11) is -1.96. The molecule has 1 aromatic heterocycles. The Morgan fingerprint density at radius 3 is 2.77 bits per heavy atom. The highest BCUT2D eigenvalue weighted by Crippen LogP contribution is 2.23. The first-order valence-corrected chi connectivity index (χ1v) is 8.38. The van der Waals surface area contributed by atoms with E-state index >= 15 is 0 Å². The van der Waals surface area contributed by atoms with Gasteiger partial charge in [-0.3, -0.25) is 0 Å². The van der Waals surface area contributed by atoms with Crippen LogP contribution in [0.3, 0.4) is 0 Å². The number of sulfonamides is 1. The molecule has 22 heavy (non-hydrogen) atoms. The van der Waals surface area contributed by atoms with Gasteiger partial charge in [0.25, 0.3) is 0 Å². The Morgan fingerprint density at radius 2 is 2.23 bits per heavy atom. The number of anilines is 1. The van der Waals surface area contributed by atoms with Crippen molar-refractivity contribution in [3.8, 4) is 0 Å². The number of hydrogen-bond donors (Lipinski definition) is 1. The number of methoxy groups -OCH3 is 1. The molecule has 9 heteroatoms. The molecule has 1 aromatic rings. The van der Waals surface area contributed by atoms with Gasteiger partial charge in [0.05, 0.1) is 24.8 Å². The molecule has 1 aliphatic heterocycles. The van der Waals surface area contributed by atoms with E-state index in [-0.39, 0.29) is 23.8 Å². The van der Waals surface area contributed by atoms with Crippen LogP contribution >= 0.6 is 0 Å². The number of nitrogens with two attached hydrogens (primary N) is 1. The molecule has 2 N–H and O–H groups in total. The predicted octanol–water partition coefficient (Wildman–Crippen LogP) is 0.284. The summed E-state index contributed by atoms with van der Waals surface area (Å²) < 4.78 is 29.7. The fourth-order valence-electron chi connectivity index (χ4n) is 2.12. The molecule has 0 bridgehead atoms. The Morgan fingerprint density at radius 1 is 1.50 bits per heavy atom.